The Bertz CT molecular complexity index is 1500. The molecule has 0 aromatic heterocycles. The summed E-state index contributed by atoms with van der Waals surface area (Å²) in [7, 11) is 0. The van der Waals surface area contributed by atoms with Gasteiger partial charge in [-0.15, -0.1) is 0 Å². The van der Waals surface area contributed by atoms with Crippen molar-refractivity contribution in [1.82, 2.24) is 0 Å². The van der Waals surface area contributed by atoms with E-state index in [0.717, 1.165) is 19.3 Å². The van der Waals surface area contributed by atoms with E-state index in [4.69, 9.17) is 24.0 Å². The van der Waals surface area contributed by atoms with E-state index in [0.29, 0.717) is 18.4 Å². The van der Waals surface area contributed by atoms with Crippen LogP contribution in [0.5, 0.6) is 0 Å². The minimum absolute atomic E-state index is 0.164. The highest BCUT2D eigenvalue weighted by Gasteiger charge is 2.69. The van der Waals surface area contributed by atoms with E-state index in [-0.39, 0.29) is 18.1 Å². The van der Waals surface area contributed by atoms with Gasteiger partial charge < -0.3 is 14.2 Å². The van der Waals surface area contributed by atoms with Gasteiger partial charge in [-0.3, -0.25) is 0 Å². The fourth-order valence-electron chi connectivity index (χ4n) is 8.19. The van der Waals surface area contributed by atoms with Crippen molar-refractivity contribution in [2.24, 2.45) is 23.7 Å². The van der Waals surface area contributed by atoms with Gasteiger partial charge >= 0.3 is 0 Å². The lowest BCUT2D eigenvalue weighted by atomic mass is 9.58. The van der Waals surface area contributed by atoms with E-state index in [1.807, 2.05) is 6.92 Å². The Labute approximate surface area is 217 Å². The first-order valence-corrected chi connectivity index (χ1v) is 13.9. The minimum Gasteiger partial charge on any atom is -0.348 e. The third-order valence-corrected chi connectivity index (χ3v) is 10.1. The Hall–Kier alpha value is -2.28. The summed E-state index contributed by atoms with van der Waals surface area (Å²) in [5.74, 6) is 0.567. The smallest absolute Gasteiger partial charge is 0.201 e. The lowest BCUT2D eigenvalue weighted by molar-refractivity contribution is -0.577. The molecule has 0 radical (unpaired) electrons. The molecule has 4 aliphatic heterocycles. The number of benzene rings is 4. The Morgan fingerprint density at radius 3 is 2.51 bits per heavy atom. The molecule has 0 N–H and O–H groups in total. The maximum atomic E-state index is 6.67. The molecule has 1 saturated carbocycles. The van der Waals surface area contributed by atoms with E-state index in [1.54, 1.807) is 0 Å². The Kier molecular flexibility index (Phi) is 4.83. The highest BCUT2D eigenvalue weighted by Crippen LogP contribution is 2.60. The molecule has 4 heterocycles. The molecule has 4 aromatic rings. The van der Waals surface area contributed by atoms with Gasteiger partial charge in [0, 0.05) is 18.3 Å². The standard InChI is InChI=1S/C32H34O5/c1-18-10-13-26-19(2)29(34-30-32(26)25(18)14-15-31(3,35-30)36-37-32)33-17-23-16-22-8-4-6-20-11-12-21-7-5-9-24(23)28(21)27(20)22/h4-9,11-12,16,18-19,25-26,29-30H,10,13-15,17H2,1-3H3/t18-,19-,25+,26+,29+,30-,31-,32-/m1/s1. The van der Waals surface area contributed by atoms with Crippen LogP contribution in [0, 0.1) is 23.7 Å². The first-order chi connectivity index (χ1) is 18.0. The van der Waals surface area contributed by atoms with Gasteiger partial charge in [-0.2, -0.15) is 0 Å². The Balaban J connectivity index is 1.15. The van der Waals surface area contributed by atoms with Gasteiger partial charge in [-0.05, 0) is 82.0 Å². The van der Waals surface area contributed by atoms with Gasteiger partial charge in [0.1, 0.15) is 0 Å². The van der Waals surface area contributed by atoms with E-state index < -0.39 is 17.7 Å². The molecule has 5 fully saturated rings. The summed E-state index contributed by atoms with van der Waals surface area (Å²) in [5, 5.41) is 7.70. The summed E-state index contributed by atoms with van der Waals surface area (Å²) in [6.07, 6.45) is 3.26. The van der Waals surface area contributed by atoms with Crippen LogP contribution in [-0.2, 0) is 30.6 Å². The van der Waals surface area contributed by atoms with Gasteiger partial charge in [-0.1, -0.05) is 62.4 Å². The van der Waals surface area contributed by atoms with Gasteiger partial charge in [-0.25, -0.2) is 9.78 Å². The van der Waals surface area contributed by atoms with Crippen molar-refractivity contribution in [3.63, 3.8) is 0 Å². The quantitative estimate of drug-likeness (QED) is 0.219. The molecule has 0 unspecified atom stereocenters. The molecule has 5 nitrogen and oxygen atoms in total. The van der Waals surface area contributed by atoms with E-state index in [1.165, 1.54) is 44.3 Å². The van der Waals surface area contributed by atoms with E-state index in [9.17, 15) is 0 Å². The summed E-state index contributed by atoms with van der Waals surface area (Å²) >= 11 is 0. The van der Waals surface area contributed by atoms with Crippen molar-refractivity contribution in [2.45, 2.75) is 77.0 Å². The SMILES string of the molecule is C[C@H]1[C@@H](OCc2cc3cccc4ccc5cccc2c5c43)O[C@@H]2O[C@@]3(C)CC[C@H]4[C@H](C)CC[C@@H]1[C@@]24OO3. The molecule has 5 heteroatoms. The van der Waals surface area contributed by atoms with Crippen LogP contribution in [0.15, 0.2) is 54.6 Å². The molecular formula is C32H34O5. The summed E-state index contributed by atoms with van der Waals surface area (Å²) in [4.78, 5) is 12.3. The average Bonchev–Trinajstić information content (AvgIpc) is 3.14. The molecular weight excluding hydrogens is 464 g/mol. The second kappa shape index (κ2) is 7.87. The van der Waals surface area contributed by atoms with Crippen molar-refractivity contribution < 1.29 is 24.0 Å². The molecule has 192 valence electrons. The minimum atomic E-state index is -0.771. The van der Waals surface area contributed by atoms with Crippen molar-refractivity contribution in [1.29, 1.82) is 0 Å². The zero-order chi connectivity index (χ0) is 24.9. The Morgan fingerprint density at radius 1 is 0.865 bits per heavy atom. The summed E-state index contributed by atoms with van der Waals surface area (Å²) in [5.41, 5.74) is 0.634. The van der Waals surface area contributed by atoms with Crippen molar-refractivity contribution in [3.8, 4) is 0 Å². The zero-order valence-corrected chi connectivity index (χ0v) is 21.7. The Morgan fingerprint density at radius 2 is 1.65 bits per heavy atom. The summed E-state index contributed by atoms with van der Waals surface area (Å²) in [6, 6.07) is 19.8. The molecule has 8 atom stereocenters. The molecule has 0 amide bonds. The highest BCUT2D eigenvalue weighted by atomic mass is 17.3. The van der Waals surface area contributed by atoms with Crippen LogP contribution < -0.4 is 0 Å². The molecule has 1 spiro atoms. The van der Waals surface area contributed by atoms with Crippen LogP contribution in [0.3, 0.4) is 0 Å². The van der Waals surface area contributed by atoms with Gasteiger partial charge in [0.25, 0.3) is 0 Å². The number of ether oxygens (including phenoxy) is 3. The highest BCUT2D eigenvalue weighted by molar-refractivity contribution is 6.23. The number of hydrogen-bond acceptors (Lipinski definition) is 5. The van der Waals surface area contributed by atoms with Crippen LogP contribution in [0.25, 0.3) is 32.3 Å². The lowest BCUT2D eigenvalue weighted by Gasteiger charge is -2.60. The molecule has 37 heavy (non-hydrogen) atoms. The summed E-state index contributed by atoms with van der Waals surface area (Å²) in [6.45, 7) is 7.06. The number of rotatable bonds is 3. The van der Waals surface area contributed by atoms with Gasteiger partial charge in [0.2, 0.25) is 5.79 Å². The zero-order valence-electron chi connectivity index (χ0n) is 21.7. The van der Waals surface area contributed by atoms with Crippen LogP contribution in [-0.4, -0.2) is 24.0 Å². The van der Waals surface area contributed by atoms with Crippen LogP contribution >= 0.6 is 0 Å². The maximum absolute atomic E-state index is 6.67. The molecule has 9 rings (SSSR count). The first kappa shape index (κ1) is 22.7. The largest absolute Gasteiger partial charge is 0.348 e. The predicted octanol–water partition coefficient (Wildman–Crippen LogP) is 7.31. The fourth-order valence-corrected chi connectivity index (χ4v) is 8.19. The third-order valence-electron chi connectivity index (χ3n) is 10.1. The molecule has 4 aromatic carbocycles. The van der Waals surface area contributed by atoms with Crippen LogP contribution in [0.4, 0.5) is 0 Å². The lowest BCUT2D eigenvalue weighted by Crippen LogP contribution is -2.70. The molecule has 2 bridgehead atoms. The monoisotopic (exact) mass is 498 g/mol. The van der Waals surface area contributed by atoms with Crippen LogP contribution in [0.2, 0.25) is 0 Å². The first-order valence-electron chi connectivity index (χ1n) is 13.9. The van der Waals surface area contributed by atoms with E-state index in [2.05, 4.69) is 68.4 Å². The maximum Gasteiger partial charge on any atom is 0.201 e. The second-order valence-electron chi connectivity index (χ2n) is 12.2. The fraction of sp³-hybridized carbons (Fsp3) is 0.500. The normalized spacial score (nSPS) is 39.3. The van der Waals surface area contributed by atoms with E-state index >= 15 is 0 Å². The predicted molar refractivity (Wildman–Crippen MR) is 142 cm³/mol. The van der Waals surface area contributed by atoms with Crippen LogP contribution in [0.1, 0.15) is 52.0 Å². The molecule has 5 aliphatic rings. The third kappa shape index (κ3) is 3.09. The molecule has 1 aliphatic carbocycles. The molecule has 4 saturated heterocycles. The number of hydrogen-bond donors (Lipinski definition) is 0. The van der Waals surface area contributed by atoms with Crippen molar-refractivity contribution >= 4 is 32.3 Å². The second-order valence-corrected chi connectivity index (χ2v) is 12.2. The van der Waals surface area contributed by atoms with Crippen molar-refractivity contribution in [2.75, 3.05) is 0 Å². The summed E-state index contributed by atoms with van der Waals surface area (Å²) < 4.78 is 19.8. The average molecular weight is 499 g/mol. The number of fused-ring (bicyclic) bond motifs is 2. The van der Waals surface area contributed by atoms with Crippen molar-refractivity contribution in [3.05, 3.63) is 60.2 Å². The van der Waals surface area contributed by atoms with Gasteiger partial charge in [0.15, 0.2) is 18.2 Å². The van der Waals surface area contributed by atoms with Gasteiger partial charge in [0.05, 0.1) is 6.61 Å². The topological polar surface area (TPSA) is 46.2 Å².